The maximum absolute atomic E-state index is 12.9. The van der Waals surface area contributed by atoms with E-state index in [9.17, 15) is 18.0 Å². The number of hydrogen-bond donors (Lipinski definition) is 1. The molecule has 0 radical (unpaired) electrons. The predicted octanol–water partition coefficient (Wildman–Crippen LogP) is 2.55. The number of aliphatic carboxylic acids is 1. The number of carboxylic acids is 1. The molecule has 0 aliphatic carbocycles. The van der Waals surface area contributed by atoms with Crippen LogP contribution in [0.3, 0.4) is 0 Å². The first-order chi connectivity index (χ1) is 6.93. The van der Waals surface area contributed by atoms with Crippen LogP contribution in [0.25, 0.3) is 0 Å². The molecule has 0 saturated heterocycles. The first-order valence-electron chi connectivity index (χ1n) is 3.76. The zero-order chi connectivity index (χ0) is 11.6. The third-order valence-corrected chi connectivity index (χ3v) is 2.50. The highest BCUT2D eigenvalue weighted by Gasteiger charge is 2.21. The molecule has 0 aliphatic rings. The van der Waals surface area contributed by atoms with E-state index in [1.54, 1.807) is 0 Å². The van der Waals surface area contributed by atoms with Crippen molar-refractivity contribution in [3.8, 4) is 0 Å². The average molecular weight is 284 g/mol. The van der Waals surface area contributed by atoms with E-state index in [0.29, 0.717) is 6.20 Å². The van der Waals surface area contributed by atoms with Crippen LogP contribution < -0.4 is 0 Å². The number of aromatic nitrogens is 1. The van der Waals surface area contributed by atoms with Gasteiger partial charge >= 0.3 is 5.97 Å². The summed E-state index contributed by atoms with van der Waals surface area (Å²) < 4.78 is 37.3. The lowest BCUT2D eigenvalue weighted by Gasteiger charge is -2.07. The molecule has 0 fully saturated rings. The SMILES string of the molecule is O=C(O)Cc1ncc(F)c(C(F)F)c1Br. The van der Waals surface area contributed by atoms with Gasteiger partial charge in [0.15, 0.2) is 5.82 Å². The molecule has 0 saturated carbocycles. The van der Waals surface area contributed by atoms with Gasteiger partial charge in [-0.15, -0.1) is 0 Å². The number of hydrogen-bond acceptors (Lipinski definition) is 2. The van der Waals surface area contributed by atoms with Crippen LogP contribution in [0.2, 0.25) is 0 Å². The van der Waals surface area contributed by atoms with Crippen LogP contribution in [0.4, 0.5) is 13.2 Å². The summed E-state index contributed by atoms with van der Waals surface area (Å²) in [5.74, 6) is -2.39. The molecule has 0 amide bonds. The summed E-state index contributed by atoms with van der Waals surface area (Å²) in [5, 5.41) is 8.45. The smallest absolute Gasteiger partial charge is 0.309 e. The molecule has 1 rings (SSSR count). The Bertz CT molecular complexity index is 398. The van der Waals surface area contributed by atoms with Gasteiger partial charge in [0.1, 0.15) is 0 Å². The van der Waals surface area contributed by atoms with Gasteiger partial charge in [-0.1, -0.05) is 0 Å². The largest absolute Gasteiger partial charge is 0.481 e. The number of carboxylic acid groups (broad SMARTS) is 1. The molecule has 0 aliphatic heterocycles. The molecule has 0 atom stereocenters. The normalized spacial score (nSPS) is 10.7. The van der Waals surface area contributed by atoms with Crippen LogP contribution in [0.1, 0.15) is 17.7 Å². The summed E-state index contributed by atoms with van der Waals surface area (Å²) in [5.41, 5.74) is -0.986. The average Bonchev–Trinajstić information content (AvgIpc) is 2.09. The molecule has 3 nitrogen and oxygen atoms in total. The monoisotopic (exact) mass is 283 g/mol. The summed E-state index contributed by atoms with van der Waals surface area (Å²) in [4.78, 5) is 13.8. The fraction of sp³-hybridized carbons (Fsp3) is 0.250. The Morgan fingerprint density at radius 1 is 1.60 bits per heavy atom. The molecule has 82 valence electrons. The number of alkyl halides is 2. The highest BCUT2D eigenvalue weighted by Crippen LogP contribution is 2.31. The Hall–Kier alpha value is -1.11. The van der Waals surface area contributed by atoms with Crippen LogP contribution in [-0.2, 0) is 11.2 Å². The Labute approximate surface area is 91.1 Å². The van der Waals surface area contributed by atoms with Gasteiger partial charge in [0.2, 0.25) is 0 Å². The summed E-state index contributed by atoms with van der Waals surface area (Å²) in [7, 11) is 0. The zero-order valence-electron chi connectivity index (χ0n) is 7.18. The molecule has 1 N–H and O–H groups in total. The number of carbonyl (C=O) groups is 1. The van der Waals surface area contributed by atoms with E-state index in [1.165, 1.54) is 0 Å². The number of pyridine rings is 1. The third kappa shape index (κ3) is 2.68. The minimum absolute atomic E-state index is 0.126. The van der Waals surface area contributed by atoms with Gasteiger partial charge in [-0.05, 0) is 15.9 Å². The van der Waals surface area contributed by atoms with E-state index in [1.807, 2.05) is 0 Å². The number of halogens is 4. The van der Waals surface area contributed by atoms with Gasteiger partial charge in [-0.3, -0.25) is 9.78 Å². The molecule has 0 unspecified atom stereocenters. The van der Waals surface area contributed by atoms with Gasteiger partial charge in [-0.25, -0.2) is 13.2 Å². The lowest BCUT2D eigenvalue weighted by Crippen LogP contribution is -2.06. The van der Waals surface area contributed by atoms with Gasteiger partial charge in [0.25, 0.3) is 6.43 Å². The minimum atomic E-state index is -3.02. The molecule has 0 bridgehead atoms. The van der Waals surface area contributed by atoms with Crippen molar-refractivity contribution in [2.24, 2.45) is 0 Å². The highest BCUT2D eigenvalue weighted by molar-refractivity contribution is 9.10. The van der Waals surface area contributed by atoms with Crippen LogP contribution in [0.15, 0.2) is 10.7 Å². The van der Waals surface area contributed by atoms with E-state index in [4.69, 9.17) is 5.11 Å². The highest BCUT2D eigenvalue weighted by atomic mass is 79.9. The maximum atomic E-state index is 12.9. The topological polar surface area (TPSA) is 50.2 Å². The minimum Gasteiger partial charge on any atom is -0.481 e. The number of nitrogens with zero attached hydrogens (tertiary/aromatic N) is 1. The van der Waals surface area contributed by atoms with Crippen molar-refractivity contribution in [1.82, 2.24) is 4.98 Å². The van der Waals surface area contributed by atoms with Crippen molar-refractivity contribution in [1.29, 1.82) is 0 Å². The van der Waals surface area contributed by atoms with Crippen molar-refractivity contribution < 1.29 is 23.1 Å². The second kappa shape index (κ2) is 4.61. The molecular formula is C8H5BrF3NO2. The second-order valence-electron chi connectivity index (χ2n) is 2.65. The van der Waals surface area contributed by atoms with E-state index >= 15 is 0 Å². The summed E-state index contributed by atoms with van der Waals surface area (Å²) >= 11 is 2.72. The standard InChI is InChI=1S/C8H5BrF3NO2/c9-7-4(1-5(14)15)13-2-3(10)6(7)8(11)12/h2,8H,1H2,(H,14,15). The lowest BCUT2D eigenvalue weighted by atomic mass is 10.2. The second-order valence-corrected chi connectivity index (χ2v) is 3.44. The van der Waals surface area contributed by atoms with Crippen LogP contribution >= 0.6 is 15.9 Å². The molecule has 0 aromatic carbocycles. The van der Waals surface area contributed by atoms with E-state index in [0.717, 1.165) is 0 Å². The number of rotatable bonds is 3. The molecular weight excluding hydrogens is 279 g/mol. The first kappa shape index (κ1) is 12.0. The maximum Gasteiger partial charge on any atom is 0.309 e. The molecule has 1 heterocycles. The van der Waals surface area contributed by atoms with Gasteiger partial charge in [-0.2, -0.15) is 0 Å². The van der Waals surface area contributed by atoms with Gasteiger partial charge in [0, 0.05) is 0 Å². The van der Waals surface area contributed by atoms with E-state index in [2.05, 4.69) is 20.9 Å². The van der Waals surface area contributed by atoms with Gasteiger partial charge < -0.3 is 5.11 Å². The zero-order valence-corrected chi connectivity index (χ0v) is 8.76. The van der Waals surface area contributed by atoms with Crippen molar-refractivity contribution in [2.45, 2.75) is 12.8 Å². The molecule has 1 aromatic heterocycles. The molecule has 15 heavy (non-hydrogen) atoms. The summed E-state index contributed by atoms with van der Waals surface area (Å²) in [6.45, 7) is 0. The Kier molecular flexibility index (Phi) is 3.67. The first-order valence-corrected chi connectivity index (χ1v) is 4.55. The van der Waals surface area contributed by atoms with E-state index in [-0.39, 0.29) is 10.2 Å². The van der Waals surface area contributed by atoms with Gasteiger partial charge in [0.05, 0.1) is 28.3 Å². The van der Waals surface area contributed by atoms with Crippen molar-refractivity contribution in [3.05, 3.63) is 27.7 Å². The van der Waals surface area contributed by atoms with Crippen molar-refractivity contribution in [3.63, 3.8) is 0 Å². The lowest BCUT2D eigenvalue weighted by molar-refractivity contribution is -0.136. The van der Waals surface area contributed by atoms with Crippen molar-refractivity contribution >= 4 is 21.9 Å². The third-order valence-electron chi connectivity index (χ3n) is 1.62. The molecule has 7 heteroatoms. The summed E-state index contributed by atoms with van der Waals surface area (Å²) in [6, 6.07) is 0. The Morgan fingerprint density at radius 2 is 2.20 bits per heavy atom. The summed E-state index contributed by atoms with van der Waals surface area (Å²) in [6.07, 6.45) is -2.97. The Morgan fingerprint density at radius 3 is 2.67 bits per heavy atom. The van der Waals surface area contributed by atoms with Crippen LogP contribution in [0.5, 0.6) is 0 Å². The fourth-order valence-electron chi connectivity index (χ4n) is 0.988. The fourth-order valence-corrected chi connectivity index (χ4v) is 1.59. The molecule has 0 spiro atoms. The van der Waals surface area contributed by atoms with Crippen LogP contribution in [-0.4, -0.2) is 16.1 Å². The Balaban J connectivity index is 3.22. The molecule has 1 aromatic rings. The van der Waals surface area contributed by atoms with Crippen LogP contribution in [0, 0.1) is 5.82 Å². The quantitative estimate of drug-likeness (QED) is 0.928. The van der Waals surface area contributed by atoms with Crippen molar-refractivity contribution in [2.75, 3.05) is 0 Å². The van der Waals surface area contributed by atoms with E-state index < -0.39 is 30.2 Å². The predicted molar refractivity (Wildman–Crippen MR) is 48.2 cm³/mol.